The van der Waals surface area contributed by atoms with E-state index in [9.17, 15) is 9.90 Å². The minimum atomic E-state index is -0.335. The highest BCUT2D eigenvalue weighted by Gasteiger charge is 2.12. The van der Waals surface area contributed by atoms with Crippen molar-refractivity contribution in [3.63, 3.8) is 0 Å². The SMILES string of the molecule is CCCOc1ccc(NC(=O)c2cccc(C)c2O)cc1. The predicted molar refractivity (Wildman–Crippen MR) is 83.0 cm³/mol. The van der Waals surface area contributed by atoms with Crippen molar-refractivity contribution in [3.8, 4) is 11.5 Å². The zero-order chi connectivity index (χ0) is 15.2. The number of carbonyl (C=O) groups excluding carboxylic acids is 1. The van der Waals surface area contributed by atoms with Gasteiger partial charge in [-0.05, 0) is 49.2 Å². The molecule has 4 heteroatoms. The Morgan fingerprint density at radius 2 is 1.90 bits per heavy atom. The van der Waals surface area contributed by atoms with Gasteiger partial charge in [-0.1, -0.05) is 19.1 Å². The summed E-state index contributed by atoms with van der Waals surface area (Å²) in [7, 11) is 0. The van der Waals surface area contributed by atoms with Crippen LogP contribution >= 0.6 is 0 Å². The normalized spacial score (nSPS) is 10.2. The molecule has 0 bridgehead atoms. The summed E-state index contributed by atoms with van der Waals surface area (Å²) >= 11 is 0. The fourth-order valence-electron chi connectivity index (χ4n) is 1.90. The Labute approximate surface area is 124 Å². The van der Waals surface area contributed by atoms with Gasteiger partial charge < -0.3 is 15.2 Å². The molecule has 0 unspecified atom stereocenters. The lowest BCUT2D eigenvalue weighted by Gasteiger charge is -2.09. The van der Waals surface area contributed by atoms with E-state index < -0.39 is 0 Å². The first kappa shape index (κ1) is 14.9. The third-order valence-corrected chi connectivity index (χ3v) is 3.07. The number of phenols is 1. The average molecular weight is 285 g/mol. The Kier molecular flexibility index (Phi) is 4.82. The Morgan fingerprint density at radius 1 is 1.19 bits per heavy atom. The molecule has 0 heterocycles. The number of aromatic hydroxyl groups is 1. The molecule has 2 rings (SSSR count). The van der Waals surface area contributed by atoms with Gasteiger partial charge in [-0.25, -0.2) is 0 Å². The zero-order valence-electron chi connectivity index (χ0n) is 12.2. The van der Waals surface area contributed by atoms with Gasteiger partial charge in [0.2, 0.25) is 0 Å². The van der Waals surface area contributed by atoms with E-state index in [0.717, 1.165) is 12.2 Å². The Morgan fingerprint density at radius 3 is 2.57 bits per heavy atom. The van der Waals surface area contributed by atoms with Crippen LogP contribution in [0.25, 0.3) is 0 Å². The number of nitrogens with one attached hydrogen (secondary N) is 1. The predicted octanol–water partition coefficient (Wildman–Crippen LogP) is 3.74. The average Bonchev–Trinajstić information content (AvgIpc) is 2.49. The maximum atomic E-state index is 12.1. The van der Waals surface area contributed by atoms with Crippen molar-refractivity contribution in [1.29, 1.82) is 0 Å². The maximum Gasteiger partial charge on any atom is 0.259 e. The largest absolute Gasteiger partial charge is 0.507 e. The molecule has 0 saturated heterocycles. The summed E-state index contributed by atoms with van der Waals surface area (Å²) in [4.78, 5) is 12.1. The van der Waals surface area contributed by atoms with Crippen LogP contribution in [0.15, 0.2) is 42.5 Å². The van der Waals surface area contributed by atoms with E-state index in [1.54, 1.807) is 49.4 Å². The third-order valence-electron chi connectivity index (χ3n) is 3.07. The van der Waals surface area contributed by atoms with Crippen molar-refractivity contribution in [2.24, 2.45) is 0 Å². The number of aryl methyl sites for hydroxylation is 1. The van der Waals surface area contributed by atoms with Gasteiger partial charge in [0.15, 0.2) is 0 Å². The molecule has 2 aromatic carbocycles. The van der Waals surface area contributed by atoms with Gasteiger partial charge in [0.1, 0.15) is 11.5 Å². The van der Waals surface area contributed by atoms with Crippen LogP contribution in [0.3, 0.4) is 0 Å². The number of amides is 1. The highest BCUT2D eigenvalue weighted by atomic mass is 16.5. The molecule has 0 fully saturated rings. The molecule has 4 nitrogen and oxygen atoms in total. The smallest absolute Gasteiger partial charge is 0.259 e. The second-order valence-electron chi connectivity index (χ2n) is 4.80. The fraction of sp³-hybridized carbons (Fsp3) is 0.235. The lowest BCUT2D eigenvalue weighted by atomic mass is 10.1. The fourth-order valence-corrected chi connectivity index (χ4v) is 1.90. The summed E-state index contributed by atoms with van der Waals surface area (Å²) in [5.74, 6) is 0.449. The number of para-hydroxylation sites is 1. The second kappa shape index (κ2) is 6.79. The van der Waals surface area contributed by atoms with E-state index in [0.29, 0.717) is 17.9 Å². The van der Waals surface area contributed by atoms with E-state index >= 15 is 0 Å². The minimum Gasteiger partial charge on any atom is -0.507 e. The van der Waals surface area contributed by atoms with Crippen LogP contribution in [-0.2, 0) is 0 Å². The monoisotopic (exact) mass is 285 g/mol. The summed E-state index contributed by atoms with van der Waals surface area (Å²) < 4.78 is 5.48. The lowest BCUT2D eigenvalue weighted by Crippen LogP contribution is -2.12. The lowest BCUT2D eigenvalue weighted by molar-refractivity contribution is 0.102. The standard InChI is InChI=1S/C17H19NO3/c1-3-11-21-14-9-7-13(8-10-14)18-17(20)15-6-4-5-12(2)16(15)19/h4-10,19H,3,11H2,1-2H3,(H,18,20). The zero-order valence-corrected chi connectivity index (χ0v) is 12.2. The van der Waals surface area contributed by atoms with Crippen molar-refractivity contribution in [2.75, 3.05) is 11.9 Å². The van der Waals surface area contributed by atoms with E-state index in [1.807, 2.05) is 6.92 Å². The number of phenolic OH excluding ortho intramolecular Hbond substituents is 1. The van der Waals surface area contributed by atoms with Crippen LogP contribution in [0.2, 0.25) is 0 Å². The number of hydrogen-bond acceptors (Lipinski definition) is 3. The molecular weight excluding hydrogens is 266 g/mol. The third kappa shape index (κ3) is 3.75. The highest BCUT2D eigenvalue weighted by Crippen LogP contribution is 2.23. The summed E-state index contributed by atoms with van der Waals surface area (Å²) in [6.07, 6.45) is 0.950. The topological polar surface area (TPSA) is 58.6 Å². The van der Waals surface area contributed by atoms with Crippen molar-refractivity contribution in [3.05, 3.63) is 53.6 Å². The van der Waals surface area contributed by atoms with Crippen LogP contribution in [0.4, 0.5) is 5.69 Å². The second-order valence-corrected chi connectivity index (χ2v) is 4.80. The summed E-state index contributed by atoms with van der Waals surface area (Å²) in [6.45, 7) is 4.47. The molecule has 2 N–H and O–H groups in total. The molecule has 21 heavy (non-hydrogen) atoms. The van der Waals surface area contributed by atoms with Gasteiger partial charge in [-0.3, -0.25) is 4.79 Å². The molecule has 0 aromatic heterocycles. The Bertz CT molecular complexity index is 620. The van der Waals surface area contributed by atoms with E-state index in [2.05, 4.69) is 5.32 Å². The molecule has 2 aromatic rings. The van der Waals surface area contributed by atoms with Crippen LogP contribution in [0.1, 0.15) is 29.3 Å². The molecule has 0 radical (unpaired) electrons. The van der Waals surface area contributed by atoms with Gasteiger partial charge in [0.25, 0.3) is 5.91 Å². The van der Waals surface area contributed by atoms with Crippen LogP contribution in [0, 0.1) is 6.92 Å². The molecule has 0 aliphatic rings. The molecule has 1 amide bonds. The van der Waals surface area contributed by atoms with Crippen LogP contribution in [0.5, 0.6) is 11.5 Å². The van der Waals surface area contributed by atoms with Crippen LogP contribution in [-0.4, -0.2) is 17.6 Å². The van der Waals surface area contributed by atoms with Crippen molar-refractivity contribution < 1.29 is 14.6 Å². The van der Waals surface area contributed by atoms with E-state index in [1.165, 1.54) is 0 Å². The molecular formula is C17H19NO3. The van der Waals surface area contributed by atoms with E-state index in [-0.39, 0.29) is 17.2 Å². The first-order valence-corrected chi connectivity index (χ1v) is 6.94. The van der Waals surface area contributed by atoms with E-state index in [4.69, 9.17) is 4.74 Å². The molecule has 0 aliphatic carbocycles. The van der Waals surface area contributed by atoms with Crippen LogP contribution < -0.4 is 10.1 Å². The molecule has 110 valence electrons. The van der Waals surface area contributed by atoms with Crippen molar-refractivity contribution >= 4 is 11.6 Å². The van der Waals surface area contributed by atoms with Gasteiger partial charge in [-0.15, -0.1) is 0 Å². The maximum absolute atomic E-state index is 12.1. The first-order valence-electron chi connectivity index (χ1n) is 6.94. The number of ether oxygens (including phenoxy) is 1. The van der Waals surface area contributed by atoms with Gasteiger partial charge >= 0.3 is 0 Å². The number of anilines is 1. The number of hydrogen-bond donors (Lipinski definition) is 2. The van der Waals surface area contributed by atoms with Gasteiger partial charge in [0.05, 0.1) is 12.2 Å². The van der Waals surface area contributed by atoms with Gasteiger partial charge in [-0.2, -0.15) is 0 Å². The summed E-state index contributed by atoms with van der Waals surface area (Å²) in [5, 5.41) is 12.7. The quantitative estimate of drug-likeness (QED) is 0.879. The molecule has 0 saturated carbocycles. The van der Waals surface area contributed by atoms with Gasteiger partial charge in [0, 0.05) is 5.69 Å². The Hall–Kier alpha value is -2.49. The summed E-state index contributed by atoms with van der Waals surface area (Å²) in [5.41, 5.74) is 1.59. The Balaban J connectivity index is 2.07. The first-order chi connectivity index (χ1) is 10.1. The molecule has 0 spiro atoms. The highest BCUT2D eigenvalue weighted by molar-refractivity contribution is 6.06. The minimum absolute atomic E-state index is 0.0119. The summed E-state index contributed by atoms with van der Waals surface area (Å²) in [6, 6.07) is 12.3. The van der Waals surface area contributed by atoms with Crippen molar-refractivity contribution in [1.82, 2.24) is 0 Å². The molecule has 0 atom stereocenters. The number of benzene rings is 2. The molecule has 0 aliphatic heterocycles. The number of rotatable bonds is 5. The van der Waals surface area contributed by atoms with Crippen molar-refractivity contribution in [2.45, 2.75) is 20.3 Å². The number of carbonyl (C=O) groups is 1.